The van der Waals surface area contributed by atoms with E-state index in [0.717, 1.165) is 144 Å². The lowest BCUT2D eigenvalue weighted by atomic mass is 9.97. The van der Waals surface area contributed by atoms with Crippen molar-refractivity contribution in [1.29, 1.82) is 5.26 Å². The first kappa shape index (κ1) is 44.5. The summed E-state index contributed by atoms with van der Waals surface area (Å²) in [4.78, 5) is 30.6. The van der Waals surface area contributed by atoms with Gasteiger partial charge in [0, 0.05) is 44.3 Å². The third-order valence-electron chi connectivity index (χ3n) is 13.4. The molecule has 0 radical (unpaired) electrons. The molecule has 0 amide bonds. The van der Waals surface area contributed by atoms with Crippen LogP contribution in [0.3, 0.4) is 0 Å². The van der Waals surface area contributed by atoms with Gasteiger partial charge in [-0.15, -0.1) is 0 Å². The summed E-state index contributed by atoms with van der Waals surface area (Å²) in [5, 5.41) is 19.4. The third kappa shape index (κ3) is 9.10. The Hall–Kier alpha value is -8.34. The molecule has 0 fully saturated rings. The number of carboxylic acids is 1. The maximum atomic E-state index is 11.9. The minimum atomic E-state index is -1.21. The van der Waals surface area contributed by atoms with Crippen LogP contribution in [-0.4, -0.2) is 31.0 Å². The summed E-state index contributed by atoms with van der Waals surface area (Å²) >= 11 is 0. The first-order valence-electron chi connectivity index (χ1n) is 23.9. The molecule has 7 heteroatoms. The smallest absolute Gasteiger partial charge is 0.346 e. The molecule has 3 aliphatic rings. The van der Waals surface area contributed by atoms with Crippen molar-refractivity contribution in [3.63, 3.8) is 0 Å². The lowest BCUT2D eigenvalue weighted by Crippen LogP contribution is -1.99. The zero-order chi connectivity index (χ0) is 47.6. The van der Waals surface area contributed by atoms with Crippen molar-refractivity contribution >= 4 is 57.9 Å². The fourth-order valence-corrected chi connectivity index (χ4v) is 9.72. The molecule has 338 valence electrons. The number of nitrogens with zero attached hydrogens (tertiary/aromatic N) is 3. The van der Waals surface area contributed by atoms with Crippen molar-refractivity contribution in [2.75, 3.05) is 0 Å². The van der Waals surface area contributed by atoms with Gasteiger partial charge in [-0.05, 0) is 139 Å². The van der Waals surface area contributed by atoms with Gasteiger partial charge in [0.2, 0.25) is 0 Å². The van der Waals surface area contributed by atoms with Gasteiger partial charge in [-0.25, -0.2) is 14.8 Å². The standard InChI is InChI=1S/C62H53N5O2/c1-5-6-7-8-9-46-34-47(35-48(46)36-49(37-63)62(68)69)41-22-24-45(25-23-41)61-56-32-30-54(66-56)59(43-18-12-39(3)13-19-43)52-28-26-50(64-52)58(42-16-10-38(2)11-17-42)51-27-29-53(65-51)60(55-31-33-57(61)67-55)44-20-14-40(4)15-21-44/h10-34,36,64,67H,5-9,35H2,1-4H3,(H,68,69)/b49-36+,58-50?,58-51?,59-52?,59-54?,60-53?,60-55?,61-56?,61-57?. The number of H-pyrrole nitrogens is 2. The number of carbonyl (C=O) groups is 1. The van der Waals surface area contributed by atoms with Crippen LogP contribution >= 0.6 is 0 Å². The zero-order valence-corrected chi connectivity index (χ0v) is 39.5. The normalized spacial score (nSPS) is 13.3. The van der Waals surface area contributed by atoms with Gasteiger partial charge in [0.15, 0.2) is 0 Å². The van der Waals surface area contributed by atoms with Crippen LogP contribution in [0.25, 0.3) is 96.5 Å². The Balaban J connectivity index is 1.20. The summed E-state index contributed by atoms with van der Waals surface area (Å²) in [6.45, 7) is 8.52. The van der Waals surface area contributed by atoms with Crippen LogP contribution in [0.4, 0.5) is 0 Å². The van der Waals surface area contributed by atoms with Crippen LogP contribution < -0.4 is 0 Å². The molecule has 0 atom stereocenters. The highest BCUT2D eigenvalue weighted by atomic mass is 16.4. The summed E-state index contributed by atoms with van der Waals surface area (Å²) in [6, 6.07) is 45.1. The van der Waals surface area contributed by atoms with Crippen LogP contribution in [0.15, 0.2) is 150 Å². The number of aliphatic carboxylic acids is 1. The highest BCUT2D eigenvalue weighted by Gasteiger charge is 2.21. The predicted molar refractivity (Wildman–Crippen MR) is 285 cm³/mol. The Morgan fingerprint density at radius 1 is 0.565 bits per heavy atom. The topological polar surface area (TPSA) is 118 Å². The Bertz CT molecular complexity index is 3490. The van der Waals surface area contributed by atoms with E-state index in [0.29, 0.717) is 6.42 Å². The minimum absolute atomic E-state index is 0.244. The number of fused-ring (bicyclic) bond motifs is 8. The minimum Gasteiger partial charge on any atom is -0.477 e. The number of rotatable bonds is 12. The van der Waals surface area contributed by atoms with E-state index in [2.05, 4.69) is 189 Å². The van der Waals surface area contributed by atoms with Gasteiger partial charge >= 0.3 is 5.97 Å². The second-order valence-corrected chi connectivity index (χ2v) is 18.4. The number of aromatic amines is 2. The van der Waals surface area contributed by atoms with Gasteiger partial charge in [-0.1, -0.05) is 146 Å². The number of carboxylic acid groups (broad SMARTS) is 1. The number of hydrogen-bond acceptors (Lipinski definition) is 4. The number of aryl methyl sites for hydroxylation is 3. The molecule has 4 aromatic carbocycles. The first-order chi connectivity index (χ1) is 33.6. The van der Waals surface area contributed by atoms with Crippen LogP contribution in [0.2, 0.25) is 0 Å². The summed E-state index contributed by atoms with van der Waals surface area (Å²) in [6.07, 6.45) is 18.1. The fraction of sp³-hybridized carbons (Fsp3) is 0.161. The van der Waals surface area contributed by atoms with E-state index in [9.17, 15) is 15.2 Å². The van der Waals surface area contributed by atoms with Crippen molar-refractivity contribution < 1.29 is 9.90 Å². The third-order valence-corrected chi connectivity index (χ3v) is 13.4. The van der Waals surface area contributed by atoms with E-state index in [1.807, 2.05) is 6.07 Å². The van der Waals surface area contributed by atoms with Crippen molar-refractivity contribution in [2.24, 2.45) is 0 Å². The summed E-state index contributed by atoms with van der Waals surface area (Å²) in [7, 11) is 0. The largest absolute Gasteiger partial charge is 0.477 e. The van der Waals surface area contributed by atoms with E-state index in [1.54, 1.807) is 6.08 Å². The highest BCUT2D eigenvalue weighted by Crippen LogP contribution is 2.41. The maximum Gasteiger partial charge on any atom is 0.346 e. The lowest BCUT2D eigenvalue weighted by molar-refractivity contribution is -0.132. The number of unbranched alkanes of at least 4 members (excludes halogenated alkanes) is 3. The Labute approximate surface area is 403 Å². The predicted octanol–water partition coefficient (Wildman–Crippen LogP) is 15.8. The molecule has 3 N–H and O–H groups in total. The maximum absolute atomic E-state index is 11.9. The molecular formula is C62H53N5O2. The first-order valence-corrected chi connectivity index (χ1v) is 23.9. The monoisotopic (exact) mass is 899 g/mol. The highest BCUT2D eigenvalue weighted by molar-refractivity contribution is 6.00. The average molecular weight is 900 g/mol. The van der Waals surface area contributed by atoms with Crippen molar-refractivity contribution in [3.05, 3.63) is 195 Å². The molecule has 10 rings (SSSR count). The SMILES string of the molecule is CCCCCCC1=C(/C=C(\C#N)C(=O)O)CC(c2ccc(-c3c4nc(c(-c5ccc(C)cc5)c5ccc([nH]5)c(-c5ccc(C)cc5)c5nc(c(-c6ccc(C)cc6)c6ccc3[nH]6)C=C5)C=C4)cc2)=C1. The van der Waals surface area contributed by atoms with Gasteiger partial charge in [0.1, 0.15) is 11.6 Å². The zero-order valence-electron chi connectivity index (χ0n) is 39.5. The molecule has 7 aromatic rings. The van der Waals surface area contributed by atoms with Crippen LogP contribution in [-0.2, 0) is 4.79 Å². The molecule has 0 saturated carbocycles. The quantitative estimate of drug-likeness (QED) is 0.0641. The van der Waals surface area contributed by atoms with E-state index in [4.69, 9.17) is 9.97 Å². The van der Waals surface area contributed by atoms with Crippen molar-refractivity contribution in [2.45, 2.75) is 66.2 Å². The van der Waals surface area contributed by atoms with E-state index >= 15 is 0 Å². The molecule has 5 heterocycles. The van der Waals surface area contributed by atoms with Crippen LogP contribution in [0, 0.1) is 32.1 Å². The van der Waals surface area contributed by atoms with E-state index in [-0.39, 0.29) is 5.57 Å². The molecule has 3 aromatic heterocycles. The number of benzene rings is 4. The number of aromatic nitrogens is 4. The van der Waals surface area contributed by atoms with Crippen LogP contribution in [0.5, 0.6) is 0 Å². The van der Waals surface area contributed by atoms with Crippen molar-refractivity contribution in [3.8, 4) is 50.6 Å². The molecule has 7 nitrogen and oxygen atoms in total. The molecular weight excluding hydrogens is 847 g/mol. The van der Waals surface area contributed by atoms with E-state index < -0.39 is 5.97 Å². The number of allylic oxidation sites excluding steroid dienone is 5. The molecule has 8 bridgehead atoms. The van der Waals surface area contributed by atoms with Gasteiger partial charge in [0.25, 0.3) is 0 Å². The molecule has 69 heavy (non-hydrogen) atoms. The Morgan fingerprint density at radius 2 is 0.942 bits per heavy atom. The van der Waals surface area contributed by atoms with Gasteiger partial charge in [-0.3, -0.25) is 0 Å². The van der Waals surface area contributed by atoms with Crippen LogP contribution in [0.1, 0.15) is 90.5 Å². The number of nitrogens with one attached hydrogen (secondary N) is 2. The number of nitriles is 1. The van der Waals surface area contributed by atoms with Crippen molar-refractivity contribution in [1.82, 2.24) is 19.9 Å². The molecule has 0 saturated heterocycles. The molecule has 0 spiro atoms. The van der Waals surface area contributed by atoms with Gasteiger partial charge in [0.05, 0.1) is 22.8 Å². The lowest BCUT2D eigenvalue weighted by Gasteiger charge is -2.09. The molecule has 0 unspecified atom stereocenters. The summed E-state index contributed by atoms with van der Waals surface area (Å²) < 4.78 is 0. The summed E-state index contributed by atoms with van der Waals surface area (Å²) in [5.74, 6) is -1.21. The van der Waals surface area contributed by atoms with Gasteiger partial charge in [-0.2, -0.15) is 5.26 Å². The fourth-order valence-electron chi connectivity index (χ4n) is 9.72. The molecule has 2 aliphatic heterocycles. The van der Waals surface area contributed by atoms with E-state index in [1.165, 1.54) is 16.7 Å². The van der Waals surface area contributed by atoms with Gasteiger partial charge < -0.3 is 15.1 Å². The second kappa shape index (κ2) is 19.1. The summed E-state index contributed by atoms with van der Waals surface area (Å²) in [5.41, 5.74) is 22.7. The Kier molecular flexibility index (Phi) is 12.3. The number of hydrogen-bond donors (Lipinski definition) is 3. The average Bonchev–Trinajstić information content (AvgIpc) is 4.23. The molecule has 1 aliphatic carbocycles. The second-order valence-electron chi connectivity index (χ2n) is 18.4. The Morgan fingerprint density at radius 3 is 1.30 bits per heavy atom.